The summed E-state index contributed by atoms with van der Waals surface area (Å²) in [7, 11) is 0. The first-order valence-corrected chi connectivity index (χ1v) is 8.27. The molecule has 128 valence electrons. The van der Waals surface area contributed by atoms with Crippen molar-refractivity contribution in [3.05, 3.63) is 42.1 Å². The van der Waals surface area contributed by atoms with E-state index in [1.807, 2.05) is 30.3 Å². The lowest BCUT2D eigenvalue weighted by Gasteiger charge is -2.11. The zero-order valence-corrected chi connectivity index (χ0v) is 14.1. The van der Waals surface area contributed by atoms with Crippen molar-refractivity contribution in [3.63, 3.8) is 0 Å². The van der Waals surface area contributed by atoms with Gasteiger partial charge in [-0.15, -0.1) is 0 Å². The highest BCUT2D eigenvalue weighted by Gasteiger charge is 2.21. The zero-order chi connectivity index (χ0) is 17.4. The third-order valence-corrected chi connectivity index (χ3v) is 3.53. The van der Waals surface area contributed by atoms with Crippen LogP contribution in [0.1, 0.15) is 49.9 Å². The average Bonchev–Trinajstić information content (AvgIpc) is 2.99. The number of anilines is 1. The van der Waals surface area contributed by atoms with Gasteiger partial charge in [-0.1, -0.05) is 38.0 Å². The van der Waals surface area contributed by atoms with Crippen molar-refractivity contribution in [1.29, 1.82) is 0 Å². The molecular weight excluding hydrogens is 306 g/mol. The van der Waals surface area contributed by atoms with E-state index in [-0.39, 0.29) is 18.1 Å². The fourth-order valence-electron chi connectivity index (χ4n) is 2.32. The van der Waals surface area contributed by atoms with E-state index in [2.05, 4.69) is 17.3 Å². The van der Waals surface area contributed by atoms with Crippen molar-refractivity contribution in [3.8, 4) is 5.69 Å². The third-order valence-electron chi connectivity index (χ3n) is 3.53. The van der Waals surface area contributed by atoms with Crippen LogP contribution >= 0.6 is 0 Å². The monoisotopic (exact) mass is 329 g/mol. The Kier molecular flexibility index (Phi) is 6.54. The Morgan fingerprint density at radius 2 is 1.92 bits per heavy atom. The molecule has 0 spiro atoms. The first-order chi connectivity index (χ1) is 11.7. The van der Waals surface area contributed by atoms with Gasteiger partial charge in [0.2, 0.25) is 5.91 Å². The van der Waals surface area contributed by atoms with Gasteiger partial charge in [0.1, 0.15) is 5.56 Å². The van der Waals surface area contributed by atoms with Gasteiger partial charge in [-0.2, -0.15) is 5.10 Å². The van der Waals surface area contributed by atoms with Crippen molar-refractivity contribution >= 4 is 17.7 Å². The molecule has 0 bridgehead atoms. The number of esters is 1. The number of nitrogens with one attached hydrogen (secondary N) is 1. The lowest BCUT2D eigenvalue weighted by molar-refractivity contribution is -0.116. The molecule has 0 aliphatic rings. The number of aromatic nitrogens is 2. The van der Waals surface area contributed by atoms with Gasteiger partial charge in [0.05, 0.1) is 18.5 Å². The number of carbonyl (C=O) groups excluding carboxylic acids is 2. The number of nitrogens with zero attached hydrogens (tertiary/aromatic N) is 2. The standard InChI is InChI=1S/C18H23N3O3/c1-3-5-7-12-16(22)20-17-15(18(23)24-4-2)13-19-21(17)14-10-8-6-9-11-14/h6,8-11,13H,3-5,7,12H2,1-2H3,(H,20,22). The number of carbonyl (C=O) groups is 2. The molecule has 0 unspecified atom stereocenters. The number of ether oxygens (including phenoxy) is 1. The quantitative estimate of drug-likeness (QED) is 0.593. The van der Waals surface area contributed by atoms with Gasteiger partial charge in [0.15, 0.2) is 5.82 Å². The number of rotatable bonds is 8. The smallest absolute Gasteiger partial charge is 0.343 e. The number of benzene rings is 1. The summed E-state index contributed by atoms with van der Waals surface area (Å²) >= 11 is 0. The summed E-state index contributed by atoms with van der Waals surface area (Å²) in [6.07, 6.45) is 4.69. The van der Waals surface area contributed by atoms with Crippen LogP contribution in [0.2, 0.25) is 0 Å². The Hall–Kier alpha value is -2.63. The topological polar surface area (TPSA) is 73.2 Å². The van der Waals surface area contributed by atoms with Crippen molar-refractivity contribution in [1.82, 2.24) is 9.78 Å². The molecule has 1 N–H and O–H groups in total. The number of unbranched alkanes of at least 4 members (excludes halogenated alkanes) is 2. The van der Waals surface area contributed by atoms with Crippen LogP contribution in [0.4, 0.5) is 5.82 Å². The molecule has 0 atom stereocenters. The predicted molar refractivity (Wildman–Crippen MR) is 92.3 cm³/mol. The Labute approximate surface area is 141 Å². The van der Waals surface area contributed by atoms with E-state index in [0.29, 0.717) is 12.2 Å². The minimum absolute atomic E-state index is 0.133. The molecule has 1 aromatic carbocycles. The maximum Gasteiger partial charge on any atom is 0.343 e. The fourth-order valence-corrected chi connectivity index (χ4v) is 2.32. The van der Waals surface area contributed by atoms with Crippen LogP contribution in [-0.4, -0.2) is 28.3 Å². The Bertz CT molecular complexity index is 680. The van der Waals surface area contributed by atoms with Gasteiger partial charge in [-0.25, -0.2) is 9.48 Å². The van der Waals surface area contributed by atoms with Gasteiger partial charge in [0.25, 0.3) is 0 Å². The molecule has 1 heterocycles. The summed E-state index contributed by atoms with van der Waals surface area (Å²) in [5.74, 6) is -0.281. The highest BCUT2D eigenvalue weighted by molar-refractivity contribution is 6.00. The largest absolute Gasteiger partial charge is 0.462 e. The van der Waals surface area contributed by atoms with E-state index in [1.54, 1.807) is 11.6 Å². The molecule has 1 amide bonds. The SMILES string of the molecule is CCCCCC(=O)Nc1c(C(=O)OCC)cnn1-c1ccccc1. The number of hydrogen-bond acceptors (Lipinski definition) is 4. The Balaban J connectivity index is 2.28. The zero-order valence-electron chi connectivity index (χ0n) is 14.1. The Morgan fingerprint density at radius 3 is 2.58 bits per heavy atom. The van der Waals surface area contributed by atoms with E-state index in [0.717, 1.165) is 24.9 Å². The average molecular weight is 329 g/mol. The molecule has 0 saturated heterocycles. The lowest BCUT2D eigenvalue weighted by atomic mass is 10.2. The minimum atomic E-state index is -0.497. The van der Waals surface area contributed by atoms with Crippen LogP contribution in [0.5, 0.6) is 0 Å². The van der Waals surface area contributed by atoms with Crippen LogP contribution in [-0.2, 0) is 9.53 Å². The minimum Gasteiger partial charge on any atom is -0.462 e. The molecule has 24 heavy (non-hydrogen) atoms. The number of para-hydroxylation sites is 1. The number of amides is 1. The molecule has 6 nitrogen and oxygen atoms in total. The maximum atomic E-state index is 12.2. The third kappa shape index (κ3) is 4.44. The summed E-state index contributed by atoms with van der Waals surface area (Å²) in [5.41, 5.74) is 1.02. The summed E-state index contributed by atoms with van der Waals surface area (Å²) in [6, 6.07) is 9.34. The molecule has 2 rings (SSSR count). The van der Waals surface area contributed by atoms with Crippen molar-refractivity contribution in [2.75, 3.05) is 11.9 Å². The van der Waals surface area contributed by atoms with Crippen molar-refractivity contribution < 1.29 is 14.3 Å². The molecule has 0 saturated carbocycles. The van der Waals surface area contributed by atoms with Gasteiger partial charge >= 0.3 is 5.97 Å². The lowest BCUT2D eigenvalue weighted by Crippen LogP contribution is -2.17. The summed E-state index contributed by atoms with van der Waals surface area (Å²) in [6.45, 7) is 4.09. The van der Waals surface area contributed by atoms with Gasteiger partial charge in [-0.05, 0) is 25.5 Å². The first kappa shape index (κ1) is 17.7. The molecule has 0 fully saturated rings. The molecule has 0 aliphatic heterocycles. The van der Waals surface area contributed by atoms with Crippen LogP contribution in [0.25, 0.3) is 5.69 Å². The van der Waals surface area contributed by atoms with Crippen LogP contribution < -0.4 is 5.32 Å². The first-order valence-electron chi connectivity index (χ1n) is 8.27. The molecule has 2 aromatic rings. The van der Waals surface area contributed by atoms with Gasteiger partial charge < -0.3 is 10.1 Å². The molecular formula is C18H23N3O3. The molecule has 1 aromatic heterocycles. The van der Waals surface area contributed by atoms with Gasteiger partial charge in [0, 0.05) is 6.42 Å². The van der Waals surface area contributed by atoms with Crippen LogP contribution in [0.3, 0.4) is 0 Å². The van der Waals surface area contributed by atoms with Crippen LogP contribution in [0, 0.1) is 0 Å². The second-order valence-electron chi connectivity index (χ2n) is 5.38. The molecule has 6 heteroatoms. The normalized spacial score (nSPS) is 10.4. The molecule has 0 aliphatic carbocycles. The van der Waals surface area contributed by atoms with Crippen molar-refractivity contribution in [2.45, 2.75) is 39.5 Å². The van der Waals surface area contributed by atoms with E-state index in [4.69, 9.17) is 4.74 Å². The summed E-state index contributed by atoms with van der Waals surface area (Å²) in [4.78, 5) is 24.3. The highest BCUT2D eigenvalue weighted by Crippen LogP contribution is 2.21. The Morgan fingerprint density at radius 1 is 1.17 bits per heavy atom. The van der Waals surface area contributed by atoms with Crippen LogP contribution in [0.15, 0.2) is 36.5 Å². The maximum absolute atomic E-state index is 12.2. The number of hydrogen-bond donors (Lipinski definition) is 1. The van der Waals surface area contributed by atoms with E-state index < -0.39 is 5.97 Å². The summed E-state index contributed by atoms with van der Waals surface area (Å²) < 4.78 is 6.60. The summed E-state index contributed by atoms with van der Waals surface area (Å²) in [5, 5.41) is 7.06. The van der Waals surface area contributed by atoms with Gasteiger partial charge in [-0.3, -0.25) is 4.79 Å². The fraction of sp³-hybridized carbons (Fsp3) is 0.389. The predicted octanol–water partition coefficient (Wildman–Crippen LogP) is 3.57. The van der Waals surface area contributed by atoms with E-state index in [9.17, 15) is 9.59 Å². The van der Waals surface area contributed by atoms with E-state index in [1.165, 1.54) is 6.20 Å². The van der Waals surface area contributed by atoms with Crippen molar-refractivity contribution in [2.24, 2.45) is 0 Å². The second kappa shape index (κ2) is 8.86. The second-order valence-corrected chi connectivity index (χ2v) is 5.38. The highest BCUT2D eigenvalue weighted by atomic mass is 16.5. The van der Waals surface area contributed by atoms with E-state index >= 15 is 0 Å². The molecule has 0 radical (unpaired) electrons.